The summed E-state index contributed by atoms with van der Waals surface area (Å²) in [5.41, 5.74) is 2.99. The fourth-order valence-electron chi connectivity index (χ4n) is 2.89. The molecule has 0 amide bonds. The average Bonchev–Trinajstić information content (AvgIpc) is 3.17. The van der Waals surface area contributed by atoms with Gasteiger partial charge in [-0.1, -0.05) is 6.92 Å². The Bertz CT molecular complexity index is 864. The summed E-state index contributed by atoms with van der Waals surface area (Å²) >= 11 is 9.70. The monoisotopic (exact) mass is 428 g/mol. The number of hydrogen-bond donors (Lipinski definition) is 1. The highest BCUT2D eigenvalue weighted by molar-refractivity contribution is 9.10. The van der Waals surface area contributed by atoms with E-state index in [1.165, 1.54) is 0 Å². The number of hydrogen-bond acceptors (Lipinski definition) is 4. The van der Waals surface area contributed by atoms with Crippen molar-refractivity contribution in [3.8, 4) is 0 Å². The molecule has 0 aliphatic heterocycles. The second-order valence-corrected chi connectivity index (χ2v) is 6.93. The van der Waals surface area contributed by atoms with Crippen molar-refractivity contribution in [2.45, 2.75) is 45.8 Å². The molecule has 0 bridgehead atoms. The zero-order valence-corrected chi connectivity index (χ0v) is 16.4. The highest BCUT2D eigenvalue weighted by Crippen LogP contribution is 2.33. The minimum atomic E-state index is -0.856. The lowest BCUT2D eigenvalue weighted by molar-refractivity contribution is 0.341. The molecule has 134 valence electrons. The van der Waals surface area contributed by atoms with Crippen LogP contribution in [0.2, 0.25) is 5.28 Å². The van der Waals surface area contributed by atoms with Crippen LogP contribution >= 0.6 is 27.5 Å². The number of furan rings is 1. The van der Waals surface area contributed by atoms with Gasteiger partial charge in [0.2, 0.25) is 5.28 Å². The van der Waals surface area contributed by atoms with E-state index in [4.69, 9.17) is 16.0 Å². The molecule has 0 aromatic carbocycles. The van der Waals surface area contributed by atoms with Crippen LogP contribution in [-0.4, -0.2) is 20.8 Å². The summed E-state index contributed by atoms with van der Waals surface area (Å²) in [4.78, 5) is 4.34. The van der Waals surface area contributed by atoms with E-state index in [1.54, 1.807) is 17.7 Å². The fourth-order valence-corrected chi connectivity index (χ4v) is 3.75. The largest absolute Gasteiger partial charge is 0.467 e. The average molecular weight is 430 g/mol. The highest BCUT2D eigenvalue weighted by Gasteiger charge is 2.21. The molecule has 1 N–H and O–H groups in total. The van der Waals surface area contributed by atoms with Crippen LogP contribution in [0.3, 0.4) is 0 Å². The van der Waals surface area contributed by atoms with E-state index in [9.17, 15) is 4.39 Å². The summed E-state index contributed by atoms with van der Waals surface area (Å²) < 4.78 is 21.2. The van der Waals surface area contributed by atoms with Gasteiger partial charge in [0.25, 0.3) is 0 Å². The Morgan fingerprint density at radius 2 is 2.24 bits per heavy atom. The summed E-state index contributed by atoms with van der Waals surface area (Å²) in [6.45, 7) is 4.12. The molecule has 3 aromatic rings. The van der Waals surface area contributed by atoms with Crippen LogP contribution in [0.15, 0.2) is 27.4 Å². The first kappa shape index (κ1) is 18.2. The molecule has 0 saturated heterocycles. The van der Waals surface area contributed by atoms with Crippen LogP contribution < -0.4 is 5.32 Å². The number of aryl methyl sites for hydroxylation is 1. The normalized spacial score (nSPS) is 12.7. The number of alkyl halides is 1. The number of halogens is 3. The summed E-state index contributed by atoms with van der Waals surface area (Å²) in [7, 11) is 0. The van der Waals surface area contributed by atoms with Gasteiger partial charge in [0.05, 0.1) is 19.0 Å². The zero-order chi connectivity index (χ0) is 18.0. The van der Waals surface area contributed by atoms with Crippen LogP contribution in [0.25, 0.3) is 5.52 Å². The number of nitrogens with one attached hydrogen (secondary N) is 1. The van der Waals surface area contributed by atoms with Gasteiger partial charge in [0.1, 0.15) is 15.9 Å². The number of aromatic nitrogens is 3. The van der Waals surface area contributed by atoms with Gasteiger partial charge in [-0.05, 0) is 77.0 Å². The molecule has 25 heavy (non-hydrogen) atoms. The molecule has 0 radical (unpaired) electrons. The van der Waals surface area contributed by atoms with E-state index in [0.29, 0.717) is 25.2 Å². The fraction of sp³-hybridized carbons (Fsp3) is 0.412. The van der Waals surface area contributed by atoms with Crippen molar-refractivity contribution in [1.29, 1.82) is 0 Å². The number of rotatable bonds is 7. The molecule has 3 aromatic heterocycles. The minimum Gasteiger partial charge on any atom is -0.467 e. The van der Waals surface area contributed by atoms with Gasteiger partial charge in [-0.3, -0.25) is 0 Å². The van der Waals surface area contributed by atoms with E-state index >= 15 is 0 Å². The second kappa shape index (κ2) is 7.74. The summed E-state index contributed by atoms with van der Waals surface area (Å²) in [5.74, 6) is 1.43. The van der Waals surface area contributed by atoms with Crippen molar-refractivity contribution in [3.05, 3.63) is 45.2 Å². The molecular formula is C17H19BrClFN4O. The molecule has 3 rings (SSSR count). The first-order valence-corrected chi connectivity index (χ1v) is 9.34. The van der Waals surface area contributed by atoms with Crippen LogP contribution in [0.1, 0.15) is 37.2 Å². The van der Waals surface area contributed by atoms with Crippen molar-refractivity contribution < 1.29 is 8.81 Å². The van der Waals surface area contributed by atoms with Gasteiger partial charge in [-0.2, -0.15) is 4.98 Å². The first-order valence-electron chi connectivity index (χ1n) is 8.17. The van der Waals surface area contributed by atoms with E-state index in [0.717, 1.165) is 33.4 Å². The van der Waals surface area contributed by atoms with E-state index < -0.39 is 6.17 Å². The Morgan fingerprint density at radius 3 is 2.88 bits per heavy atom. The molecular weight excluding hydrogens is 411 g/mol. The Labute approximate surface area is 158 Å². The third-order valence-electron chi connectivity index (χ3n) is 4.06. The molecule has 0 saturated carbocycles. The number of nitrogens with zero attached hydrogens (tertiary/aromatic N) is 3. The highest BCUT2D eigenvalue weighted by atomic mass is 79.9. The van der Waals surface area contributed by atoms with Crippen molar-refractivity contribution in [3.63, 3.8) is 0 Å². The van der Waals surface area contributed by atoms with Gasteiger partial charge in [0.15, 0.2) is 5.82 Å². The van der Waals surface area contributed by atoms with Gasteiger partial charge in [0, 0.05) is 0 Å². The molecule has 1 atom stereocenters. The lowest BCUT2D eigenvalue weighted by Gasteiger charge is -2.08. The third kappa shape index (κ3) is 3.82. The van der Waals surface area contributed by atoms with Crippen molar-refractivity contribution in [2.24, 2.45) is 0 Å². The summed E-state index contributed by atoms with van der Waals surface area (Å²) in [6.07, 6.45) is 2.64. The Morgan fingerprint density at radius 1 is 1.44 bits per heavy atom. The van der Waals surface area contributed by atoms with Gasteiger partial charge in [-0.25, -0.2) is 8.91 Å². The van der Waals surface area contributed by atoms with Crippen LogP contribution in [0.4, 0.5) is 10.2 Å². The lowest BCUT2D eigenvalue weighted by atomic mass is 10.0. The topological polar surface area (TPSA) is 55.4 Å². The maximum Gasteiger partial charge on any atom is 0.243 e. The number of anilines is 1. The molecule has 0 fully saturated rings. The molecule has 5 nitrogen and oxygen atoms in total. The van der Waals surface area contributed by atoms with Crippen molar-refractivity contribution in [1.82, 2.24) is 14.6 Å². The molecule has 0 aliphatic rings. The number of fused-ring (bicyclic) bond motifs is 1. The van der Waals surface area contributed by atoms with Crippen LogP contribution in [-0.2, 0) is 19.4 Å². The minimum absolute atomic E-state index is 0.137. The van der Waals surface area contributed by atoms with Crippen molar-refractivity contribution >= 4 is 38.9 Å². The van der Waals surface area contributed by atoms with E-state index in [2.05, 4.69) is 38.3 Å². The van der Waals surface area contributed by atoms with Crippen LogP contribution in [0, 0.1) is 0 Å². The van der Waals surface area contributed by atoms with E-state index in [1.807, 2.05) is 12.1 Å². The van der Waals surface area contributed by atoms with Crippen LogP contribution in [0.5, 0.6) is 0 Å². The quantitative estimate of drug-likeness (QED) is 0.560. The predicted molar refractivity (Wildman–Crippen MR) is 100 cm³/mol. The maximum atomic E-state index is 13.3. The predicted octanol–water partition coefficient (Wildman–Crippen LogP) is 5.20. The maximum absolute atomic E-state index is 13.3. The Kier molecular flexibility index (Phi) is 5.64. The SMILES string of the molecule is CCc1c(CCC(C)F)c(Br)n2nc(Cl)nc(NCc3ccco3)c12. The Balaban J connectivity index is 2.05. The van der Waals surface area contributed by atoms with Crippen molar-refractivity contribution in [2.75, 3.05) is 5.32 Å². The van der Waals surface area contributed by atoms with Gasteiger partial charge >= 0.3 is 0 Å². The summed E-state index contributed by atoms with van der Waals surface area (Å²) in [5, 5.41) is 7.71. The lowest BCUT2D eigenvalue weighted by Crippen LogP contribution is -2.06. The van der Waals surface area contributed by atoms with Gasteiger partial charge < -0.3 is 9.73 Å². The Hall–Kier alpha value is -1.60. The summed E-state index contributed by atoms with van der Waals surface area (Å²) in [6, 6.07) is 3.72. The molecule has 0 aliphatic carbocycles. The zero-order valence-electron chi connectivity index (χ0n) is 14.0. The molecule has 1 unspecified atom stereocenters. The third-order valence-corrected chi connectivity index (χ3v) is 5.04. The molecule has 8 heteroatoms. The molecule has 3 heterocycles. The first-order chi connectivity index (χ1) is 12.0. The van der Waals surface area contributed by atoms with E-state index in [-0.39, 0.29) is 5.28 Å². The smallest absolute Gasteiger partial charge is 0.243 e. The van der Waals surface area contributed by atoms with Gasteiger partial charge in [-0.15, -0.1) is 5.10 Å². The standard InChI is InChI=1S/C17H19BrClFN4O/c1-3-12-13(7-6-10(2)20)15(18)24-14(12)16(22-17(19)23-24)21-9-11-5-4-8-25-11/h4-5,8,10H,3,6-7,9H2,1-2H3,(H,21,22,23). The second-order valence-electron chi connectivity index (χ2n) is 5.84. The molecule has 0 spiro atoms.